The lowest BCUT2D eigenvalue weighted by Crippen LogP contribution is -2.15. The second-order valence-electron chi connectivity index (χ2n) is 6.24. The van der Waals surface area contributed by atoms with Gasteiger partial charge in [0.25, 0.3) is 0 Å². The second kappa shape index (κ2) is 8.52. The average Bonchev–Trinajstić information content (AvgIpc) is 3.14. The smallest absolute Gasteiger partial charge is 0.234 e. The van der Waals surface area contributed by atoms with Crippen LogP contribution >= 0.6 is 39.3 Å². The number of fused-ring (bicyclic) bond motifs is 1. The van der Waals surface area contributed by atoms with Gasteiger partial charge in [0.05, 0.1) is 23.0 Å². The van der Waals surface area contributed by atoms with E-state index in [0.29, 0.717) is 15.7 Å². The number of nitrogens with zero attached hydrogens (tertiary/aromatic N) is 4. The first kappa shape index (κ1) is 19.9. The van der Waals surface area contributed by atoms with Gasteiger partial charge in [-0.3, -0.25) is 4.79 Å². The number of hydrogen-bond acceptors (Lipinski definition) is 5. The Morgan fingerprint density at radius 2 is 2.00 bits per heavy atom. The molecule has 2 heterocycles. The van der Waals surface area contributed by atoms with Crippen LogP contribution < -0.4 is 5.32 Å². The normalized spacial score (nSPS) is 11.0. The first-order chi connectivity index (χ1) is 14.0. The molecule has 4 aromatic rings. The number of anilines is 1. The standard InChI is InChI=1S/C20H15BrClN5OS/c1-12-8-14(22)4-7-17(12)26-18(28)10-29-20-16-9-25-27(19(16)23-11-24-20)15-5-2-13(21)3-6-15/h2-9,11H,10H2,1H3,(H,26,28). The maximum atomic E-state index is 12.4. The number of halogens is 2. The molecule has 0 radical (unpaired) electrons. The third-order valence-electron chi connectivity index (χ3n) is 4.20. The lowest BCUT2D eigenvalue weighted by atomic mass is 10.2. The quantitative estimate of drug-likeness (QED) is 0.306. The number of benzene rings is 2. The predicted octanol–water partition coefficient (Wildman–Crippen LogP) is 5.27. The molecule has 146 valence electrons. The van der Waals surface area contributed by atoms with Gasteiger partial charge in [0.1, 0.15) is 11.4 Å². The summed E-state index contributed by atoms with van der Waals surface area (Å²) >= 11 is 10.7. The van der Waals surface area contributed by atoms with Gasteiger partial charge in [0.15, 0.2) is 5.65 Å². The summed E-state index contributed by atoms with van der Waals surface area (Å²) in [7, 11) is 0. The first-order valence-corrected chi connectivity index (χ1v) is 10.8. The molecule has 0 aliphatic rings. The van der Waals surface area contributed by atoms with Gasteiger partial charge in [-0.25, -0.2) is 14.6 Å². The van der Waals surface area contributed by atoms with Crippen molar-refractivity contribution in [3.05, 3.63) is 70.0 Å². The fourth-order valence-corrected chi connectivity index (χ4v) is 4.05. The number of aryl methyl sites for hydroxylation is 1. The van der Waals surface area contributed by atoms with Crippen molar-refractivity contribution in [3.8, 4) is 5.69 Å². The number of hydrogen-bond donors (Lipinski definition) is 1. The summed E-state index contributed by atoms with van der Waals surface area (Å²) < 4.78 is 2.75. The SMILES string of the molecule is Cc1cc(Cl)ccc1NC(=O)CSc1ncnc2c1cnn2-c1ccc(Br)cc1. The summed E-state index contributed by atoms with van der Waals surface area (Å²) in [5.74, 6) is 0.102. The zero-order valence-electron chi connectivity index (χ0n) is 15.3. The molecule has 1 amide bonds. The van der Waals surface area contributed by atoms with E-state index in [1.54, 1.807) is 23.0 Å². The van der Waals surface area contributed by atoms with Crippen LogP contribution in [-0.4, -0.2) is 31.4 Å². The van der Waals surface area contributed by atoms with E-state index in [1.807, 2.05) is 37.3 Å². The molecule has 1 N–H and O–H groups in total. The van der Waals surface area contributed by atoms with E-state index in [-0.39, 0.29) is 11.7 Å². The lowest BCUT2D eigenvalue weighted by molar-refractivity contribution is -0.113. The number of nitrogens with one attached hydrogen (secondary N) is 1. The Morgan fingerprint density at radius 1 is 1.21 bits per heavy atom. The molecule has 9 heteroatoms. The minimum Gasteiger partial charge on any atom is -0.325 e. The van der Waals surface area contributed by atoms with E-state index in [4.69, 9.17) is 11.6 Å². The Hall–Kier alpha value is -2.42. The summed E-state index contributed by atoms with van der Waals surface area (Å²) in [6.07, 6.45) is 3.21. The molecular formula is C20H15BrClN5OS. The lowest BCUT2D eigenvalue weighted by Gasteiger charge is -2.08. The molecule has 0 atom stereocenters. The van der Waals surface area contributed by atoms with Crippen molar-refractivity contribution in [1.29, 1.82) is 0 Å². The maximum Gasteiger partial charge on any atom is 0.234 e. The van der Waals surface area contributed by atoms with E-state index in [0.717, 1.165) is 26.8 Å². The highest BCUT2D eigenvalue weighted by atomic mass is 79.9. The van der Waals surface area contributed by atoms with Gasteiger partial charge >= 0.3 is 0 Å². The highest BCUT2D eigenvalue weighted by molar-refractivity contribution is 9.10. The zero-order valence-corrected chi connectivity index (χ0v) is 18.4. The van der Waals surface area contributed by atoms with Crippen molar-refractivity contribution >= 4 is 61.9 Å². The molecule has 0 aliphatic heterocycles. The number of aromatic nitrogens is 4. The highest BCUT2D eigenvalue weighted by Crippen LogP contribution is 2.27. The first-order valence-electron chi connectivity index (χ1n) is 8.65. The summed E-state index contributed by atoms with van der Waals surface area (Å²) in [6.45, 7) is 1.90. The molecule has 0 saturated heterocycles. The molecule has 0 spiro atoms. The van der Waals surface area contributed by atoms with Gasteiger partial charge in [-0.15, -0.1) is 0 Å². The molecule has 0 fully saturated rings. The fraction of sp³-hybridized carbons (Fsp3) is 0.100. The topological polar surface area (TPSA) is 72.7 Å². The van der Waals surface area contributed by atoms with Crippen molar-refractivity contribution in [2.75, 3.05) is 11.1 Å². The molecular weight excluding hydrogens is 474 g/mol. The molecule has 2 aromatic heterocycles. The largest absolute Gasteiger partial charge is 0.325 e. The Balaban J connectivity index is 1.51. The van der Waals surface area contributed by atoms with Gasteiger partial charge in [-0.05, 0) is 55.0 Å². The Bertz CT molecular complexity index is 1200. The zero-order chi connectivity index (χ0) is 20.4. The monoisotopic (exact) mass is 487 g/mol. The highest BCUT2D eigenvalue weighted by Gasteiger charge is 2.13. The van der Waals surface area contributed by atoms with Crippen molar-refractivity contribution in [2.45, 2.75) is 11.9 Å². The van der Waals surface area contributed by atoms with Gasteiger partial charge in [-0.2, -0.15) is 5.10 Å². The van der Waals surface area contributed by atoms with Crippen LogP contribution in [0, 0.1) is 6.92 Å². The summed E-state index contributed by atoms with van der Waals surface area (Å²) in [5.41, 5.74) is 3.25. The number of thioether (sulfide) groups is 1. The van der Waals surface area contributed by atoms with Crippen LogP contribution in [0.5, 0.6) is 0 Å². The van der Waals surface area contributed by atoms with Crippen LogP contribution in [0.4, 0.5) is 5.69 Å². The van der Waals surface area contributed by atoms with Gasteiger partial charge in [-0.1, -0.05) is 39.3 Å². The third kappa shape index (κ3) is 4.44. The molecule has 6 nitrogen and oxygen atoms in total. The minimum absolute atomic E-state index is 0.118. The number of carbonyl (C=O) groups excluding carboxylic acids is 1. The third-order valence-corrected chi connectivity index (χ3v) is 5.97. The maximum absolute atomic E-state index is 12.4. The van der Waals surface area contributed by atoms with Crippen LogP contribution in [0.25, 0.3) is 16.7 Å². The van der Waals surface area contributed by atoms with Crippen molar-refractivity contribution < 1.29 is 4.79 Å². The molecule has 0 bridgehead atoms. The number of rotatable bonds is 5. The Labute approximate surface area is 184 Å². The summed E-state index contributed by atoms with van der Waals surface area (Å²) in [6, 6.07) is 13.2. The van der Waals surface area contributed by atoms with Crippen molar-refractivity contribution in [1.82, 2.24) is 19.7 Å². The van der Waals surface area contributed by atoms with Crippen LogP contribution in [0.15, 0.2) is 64.5 Å². The van der Waals surface area contributed by atoms with Crippen molar-refractivity contribution in [3.63, 3.8) is 0 Å². The molecule has 2 aromatic carbocycles. The number of amides is 1. The molecule has 0 aliphatic carbocycles. The Morgan fingerprint density at radius 3 is 2.76 bits per heavy atom. The van der Waals surface area contributed by atoms with E-state index >= 15 is 0 Å². The fourth-order valence-electron chi connectivity index (χ4n) is 2.80. The molecule has 0 saturated carbocycles. The Kier molecular flexibility index (Phi) is 5.84. The van der Waals surface area contributed by atoms with Crippen LogP contribution in [0.3, 0.4) is 0 Å². The van der Waals surface area contributed by atoms with Crippen molar-refractivity contribution in [2.24, 2.45) is 0 Å². The predicted molar refractivity (Wildman–Crippen MR) is 120 cm³/mol. The second-order valence-corrected chi connectivity index (χ2v) is 8.56. The van der Waals surface area contributed by atoms with Gasteiger partial charge in [0.2, 0.25) is 5.91 Å². The van der Waals surface area contributed by atoms with E-state index in [9.17, 15) is 4.79 Å². The van der Waals surface area contributed by atoms with E-state index < -0.39 is 0 Å². The average molecular weight is 489 g/mol. The number of carbonyl (C=O) groups is 1. The van der Waals surface area contributed by atoms with E-state index in [2.05, 4.69) is 36.3 Å². The van der Waals surface area contributed by atoms with Crippen LogP contribution in [0.2, 0.25) is 5.02 Å². The molecule has 29 heavy (non-hydrogen) atoms. The van der Waals surface area contributed by atoms with Crippen LogP contribution in [-0.2, 0) is 4.79 Å². The van der Waals surface area contributed by atoms with E-state index in [1.165, 1.54) is 18.1 Å². The van der Waals surface area contributed by atoms with Gasteiger partial charge in [0, 0.05) is 15.2 Å². The molecule has 0 unspecified atom stereocenters. The van der Waals surface area contributed by atoms with Crippen LogP contribution in [0.1, 0.15) is 5.56 Å². The summed E-state index contributed by atoms with van der Waals surface area (Å²) in [5, 5.41) is 9.50. The summed E-state index contributed by atoms with van der Waals surface area (Å²) in [4.78, 5) is 21.1. The minimum atomic E-state index is -0.118. The van der Waals surface area contributed by atoms with Gasteiger partial charge < -0.3 is 5.32 Å². The molecule has 4 rings (SSSR count).